The summed E-state index contributed by atoms with van der Waals surface area (Å²) in [7, 11) is 0. The Balaban J connectivity index is 0.000000617. The number of allylic oxidation sites excluding steroid dienone is 1. The number of hydrogen-bond acceptors (Lipinski definition) is 3. The summed E-state index contributed by atoms with van der Waals surface area (Å²) in [5.41, 5.74) is 2.41. The molecule has 190 valence electrons. The Bertz CT molecular complexity index is 710. The lowest BCUT2D eigenvalue weighted by Crippen LogP contribution is -2.53. The number of ether oxygens (including phenoxy) is 1. The molecule has 3 unspecified atom stereocenters. The summed E-state index contributed by atoms with van der Waals surface area (Å²) in [6, 6.07) is 0. The summed E-state index contributed by atoms with van der Waals surface area (Å²) >= 11 is 0. The molecule has 0 amide bonds. The van der Waals surface area contributed by atoms with Gasteiger partial charge in [0.15, 0.2) is 0 Å². The fraction of sp³-hybridized carbons (Fsp3) is 0.933. The van der Waals surface area contributed by atoms with Crippen LogP contribution in [0, 0.1) is 40.4 Å². The van der Waals surface area contributed by atoms with E-state index in [0.717, 1.165) is 49.0 Å². The second-order valence-corrected chi connectivity index (χ2v) is 12.4. The first-order chi connectivity index (χ1) is 15.8. The fourth-order valence-corrected chi connectivity index (χ4v) is 9.23. The van der Waals surface area contributed by atoms with E-state index in [9.17, 15) is 5.11 Å². The van der Waals surface area contributed by atoms with Gasteiger partial charge in [0.2, 0.25) is 0 Å². The van der Waals surface area contributed by atoms with Crippen LogP contribution in [-0.2, 0) is 4.74 Å². The first-order valence-electron chi connectivity index (χ1n) is 14.6. The molecular weight excluding hydrogens is 406 g/mol. The highest BCUT2D eigenvalue weighted by Gasteiger charge is 2.65. The van der Waals surface area contributed by atoms with Crippen LogP contribution in [0.15, 0.2) is 11.6 Å². The molecule has 0 aromatic carbocycles. The van der Waals surface area contributed by atoms with E-state index in [4.69, 9.17) is 4.74 Å². The molecule has 2 aliphatic heterocycles. The lowest BCUT2D eigenvalue weighted by atomic mass is 9.47. The van der Waals surface area contributed by atoms with Crippen LogP contribution in [0.4, 0.5) is 0 Å². The van der Waals surface area contributed by atoms with Crippen molar-refractivity contribution < 1.29 is 9.84 Å². The van der Waals surface area contributed by atoms with E-state index >= 15 is 0 Å². The Morgan fingerprint density at radius 2 is 1.73 bits per heavy atom. The Morgan fingerprint density at radius 1 is 0.970 bits per heavy atom. The number of fused-ring (bicyclic) bond motifs is 7. The van der Waals surface area contributed by atoms with E-state index < -0.39 is 0 Å². The number of rotatable bonds is 0. The van der Waals surface area contributed by atoms with Crippen LogP contribution in [0.3, 0.4) is 0 Å². The predicted octanol–water partition coefficient (Wildman–Crippen LogP) is 7.09. The molecule has 2 saturated heterocycles. The molecule has 5 fully saturated rings. The van der Waals surface area contributed by atoms with Gasteiger partial charge in [-0.3, -0.25) is 5.32 Å². The van der Waals surface area contributed by atoms with Gasteiger partial charge < -0.3 is 9.84 Å². The van der Waals surface area contributed by atoms with Crippen molar-refractivity contribution in [2.75, 3.05) is 6.54 Å². The van der Waals surface area contributed by atoms with Crippen molar-refractivity contribution >= 4 is 0 Å². The van der Waals surface area contributed by atoms with Gasteiger partial charge in [-0.15, -0.1) is 0 Å². The van der Waals surface area contributed by atoms with Gasteiger partial charge in [0, 0.05) is 6.54 Å². The molecule has 0 radical (unpaired) electrons. The van der Waals surface area contributed by atoms with Crippen LogP contribution in [0.1, 0.15) is 113 Å². The van der Waals surface area contributed by atoms with E-state index in [-0.39, 0.29) is 11.8 Å². The van der Waals surface area contributed by atoms with Crippen LogP contribution < -0.4 is 5.32 Å². The molecule has 33 heavy (non-hydrogen) atoms. The molecule has 0 bridgehead atoms. The van der Waals surface area contributed by atoms with Crippen molar-refractivity contribution in [3.8, 4) is 0 Å². The molecule has 2 N–H and O–H groups in total. The monoisotopic (exact) mass is 459 g/mol. The van der Waals surface area contributed by atoms with Crippen molar-refractivity contribution in [2.24, 2.45) is 40.4 Å². The van der Waals surface area contributed by atoms with Gasteiger partial charge in [-0.1, -0.05) is 60.1 Å². The molecule has 1 spiro atoms. The highest BCUT2D eigenvalue weighted by atomic mass is 16.5. The maximum absolute atomic E-state index is 10.2. The third-order valence-corrected chi connectivity index (χ3v) is 11.0. The topological polar surface area (TPSA) is 41.5 Å². The van der Waals surface area contributed by atoms with Crippen LogP contribution in [0.2, 0.25) is 0 Å². The van der Waals surface area contributed by atoms with Crippen LogP contribution in [-0.4, -0.2) is 29.6 Å². The van der Waals surface area contributed by atoms with E-state index in [2.05, 4.69) is 32.2 Å². The van der Waals surface area contributed by atoms with Crippen molar-refractivity contribution in [1.29, 1.82) is 0 Å². The number of hydrogen-bond donors (Lipinski definition) is 2. The normalized spacial score (nSPS) is 52.1. The van der Waals surface area contributed by atoms with Crippen molar-refractivity contribution in [2.45, 2.75) is 131 Å². The maximum Gasteiger partial charge on any atom is 0.120 e. The minimum Gasteiger partial charge on any atom is -0.393 e. The van der Waals surface area contributed by atoms with E-state index in [1.807, 2.05) is 27.7 Å². The molecule has 3 heteroatoms. The highest BCUT2D eigenvalue weighted by Crippen LogP contribution is 2.69. The number of aliphatic hydroxyl groups excluding tert-OH is 1. The SMILES string of the molecule is CC.CC.CC1CC[C@]2(C[C@@H]3[C@@H](CC4[C@H]5CC=C6C[C@@H](O)CC[C@@]6(C)[C@@H]5CCC43C)O2)NC1. The second kappa shape index (κ2) is 9.58. The molecular formula is C30H53NO2. The predicted molar refractivity (Wildman–Crippen MR) is 138 cm³/mol. The zero-order valence-corrected chi connectivity index (χ0v) is 22.8. The smallest absolute Gasteiger partial charge is 0.120 e. The van der Waals surface area contributed by atoms with Gasteiger partial charge in [-0.05, 0) is 105 Å². The van der Waals surface area contributed by atoms with Gasteiger partial charge in [-0.2, -0.15) is 0 Å². The number of aliphatic hydroxyl groups is 1. The lowest BCUT2D eigenvalue weighted by Gasteiger charge is -2.58. The number of nitrogens with one attached hydrogen (secondary N) is 1. The Labute approximate surface area is 204 Å². The molecule has 3 nitrogen and oxygen atoms in total. The van der Waals surface area contributed by atoms with Crippen molar-refractivity contribution in [3.05, 3.63) is 11.6 Å². The minimum absolute atomic E-state index is 0.00219. The molecule has 10 atom stereocenters. The Morgan fingerprint density at radius 3 is 2.42 bits per heavy atom. The Hall–Kier alpha value is -0.380. The van der Waals surface area contributed by atoms with Crippen molar-refractivity contribution in [1.82, 2.24) is 5.32 Å². The summed E-state index contributed by atoms with van der Waals surface area (Å²) in [6.07, 6.45) is 15.2. The van der Waals surface area contributed by atoms with Gasteiger partial charge in [-0.25, -0.2) is 0 Å². The third kappa shape index (κ3) is 4.06. The van der Waals surface area contributed by atoms with Crippen molar-refractivity contribution in [3.63, 3.8) is 0 Å². The van der Waals surface area contributed by atoms with Crippen LogP contribution >= 0.6 is 0 Å². The van der Waals surface area contributed by atoms with E-state index in [0.29, 0.717) is 16.9 Å². The highest BCUT2D eigenvalue weighted by molar-refractivity contribution is 5.26. The molecule has 0 aromatic heterocycles. The largest absolute Gasteiger partial charge is 0.393 e. The van der Waals surface area contributed by atoms with E-state index in [1.165, 1.54) is 51.4 Å². The lowest BCUT2D eigenvalue weighted by molar-refractivity contribution is -0.0960. The summed E-state index contributed by atoms with van der Waals surface area (Å²) < 4.78 is 6.89. The summed E-state index contributed by atoms with van der Waals surface area (Å²) in [4.78, 5) is 0. The Kier molecular flexibility index (Phi) is 7.46. The first kappa shape index (κ1) is 25.7. The molecule has 6 rings (SSSR count). The molecule has 6 aliphatic rings. The molecule has 3 saturated carbocycles. The van der Waals surface area contributed by atoms with Crippen LogP contribution in [0.5, 0.6) is 0 Å². The quantitative estimate of drug-likeness (QED) is 0.380. The zero-order chi connectivity index (χ0) is 24.0. The average Bonchev–Trinajstić information content (AvgIpc) is 3.32. The minimum atomic E-state index is -0.0964. The summed E-state index contributed by atoms with van der Waals surface area (Å²) in [5, 5.41) is 14.1. The maximum atomic E-state index is 10.2. The first-order valence-corrected chi connectivity index (χ1v) is 14.6. The molecule has 4 aliphatic carbocycles. The second-order valence-electron chi connectivity index (χ2n) is 12.4. The zero-order valence-electron chi connectivity index (χ0n) is 22.8. The number of piperidine rings is 1. The summed E-state index contributed by atoms with van der Waals surface area (Å²) in [5.74, 6) is 4.04. The third-order valence-electron chi connectivity index (χ3n) is 11.0. The van der Waals surface area contributed by atoms with Crippen LogP contribution in [0.25, 0.3) is 0 Å². The van der Waals surface area contributed by atoms with Gasteiger partial charge in [0.1, 0.15) is 5.72 Å². The standard InChI is InChI=1S/C26H41NO2.2C2H6/c1-16-6-11-26(27-15-16)14-22-23(29-26)13-21-19-5-4-17-12-18(28)7-9-24(17,2)20(19)8-10-25(21,22)3;2*1-2/h4,16,18-23,27-28H,5-15H2,1-3H3;2*1-2H3/t16?,18-,19-,20+,21?,22+,23+,24+,25?,26-;;/m0../s1. The molecule has 2 heterocycles. The molecule has 0 aromatic rings. The summed E-state index contributed by atoms with van der Waals surface area (Å²) in [6.45, 7) is 16.7. The fourth-order valence-electron chi connectivity index (χ4n) is 9.23. The van der Waals surface area contributed by atoms with E-state index in [1.54, 1.807) is 5.57 Å². The van der Waals surface area contributed by atoms with Gasteiger partial charge in [0.05, 0.1) is 12.2 Å². The average molecular weight is 460 g/mol. The van der Waals surface area contributed by atoms with Gasteiger partial charge >= 0.3 is 0 Å². The van der Waals surface area contributed by atoms with Gasteiger partial charge in [0.25, 0.3) is 0 Å².